The SMILES string of the molecule is Cc1ccc(NC(=O)Cc2cs/c(=N/c3ccc(C#N)cc3)n2C)cc1Cl.Cl. The zero-order valence-corrected chi connectivity index (χ0v) is 17.7. The van der Waals surface area contributed by atoms with Gasteiger partial charge in [-0.2, -0.15) is 5.26 Å². The van der Waals surface area contributed by atoms with E-state index in [1.807, 2.05) is 36.1 Å². The number of hydrogen-bond acceptors (Lipinski definition) is 4. The first kappa shape index (κ1) is 21.7. The van der Waals surface area contributed by atoms with Gasteiger partial charge in [-0.05, 0) is 48.9 Å². The molecule has 8 heteroatoms. The molecular formula is C20H18Cl2N4OS. The summed E-state index contributed by atoms with van der Waals surface area (Å²) in [6.45, 7) is 1.91. The minimum absolute atomic E-state index is 0. The number of halogens is 2. The van der Waals surface area contributed by atoms with E-state index in [-0.39, 0.29) is 24.7 Å². The van der Waals surface area contributed by atoms with Crippen molar-refractivity contribution in [3.63, 3.8) is 0 Å². The summed E-state index contributed by atoms with van der Waals surface area (Å²) in [5.41, 5.74) is 3.86. The first-order valence-electron chi connectivity index (χ1n) is 8.20. The van der Waals surface area contributed by atoms with Gasteiger partial charge >= 0.3 is 0 Å². The van der Waals surface area contributed by atoms with Crippen LogP contribution in [0.1, 0.15) is 16.8 Å². The summed E-state index contributed by atoms with van der Waals surface area (Å²) in [7, 11) is 1.88. The van der Waals surface area contributed by atoms with E-state index >= 15 is 0 Å². The molecule has 0 atom stereocenters. The Kier molecular flexibility index (Phi) is 7.41. The monoisotopic (exact) mass is 432 g/mol. The van der Waals surface area contributed by atoms with Crippen LogP contribution in [0.15, 0.2) is 52.8 Å². The maximum absolute atomic E-state index is 12.3. The first-order chi connectivity index (χ1) is 13.0. The highest BCUT2D eigenvalue weighted by Crippen LogP contribution is 2.20. The molecule has 5 nitrogen and oxygen atoms in total. The molecule has 0 aliphatic rings. The van der Waals surface area contributed by atoms with Crippen molar-refractivity contribution in [3.8, 4) is 6.07 Å². The third-order valence-electron chi connectivity index (χ3n) is 4.04. The molecule has 0 radical (unpaired) electrons. The van der Waals surface area contributed by atoms with Crippen LogP contribution in [0.5, 0.6) is 0 Å². The van der Waals surface area contributed by atoms with E-state index < -0.39 is 0 Å². The van der Waals surface area contributed by atoms with Crippen LogP contribution >= 0.6 is 35.3 Å². The van der Waals surface area contributed by atoms with Gasteiger partial charge in [0.05, 0.1) is 23.7 Å². The van der Waals surface area contributed by atoms with Crippen molar-refractivity contribution in [3.05, 3.63) is 74.5 Å². The minimum atomic E-state index is -0.117. The maximum Gasteiger partial charge on any atom is 0.230 e. The standard InChI is InChI=1S/C20H17ClN4OS.ClH/c1-13-3-6-16(9-18(13)21)23-19(26)10-17-12-27-20(25(17)2)24-15-7-4-14(11-22)5-8-15;/h3-9,12H,10H2,1-2H3,(H,23,26);1H/b24-20+;. The number of nitrogens with zero attached hydrogens (tertiary/aromatic N) is 3. The molecule has 2 aromatic carbocycles. The van der Waals surface area contributed by atoms with Crippen LogP contribution in [0.2, 0.25) is 5.02 Å². The number of aromatic nitrogens is 1. The molecule has 1 amide bonds. The molecule has 0 saturated heterocycles. The number of nitriles is 1. The Hall–Kier alpha value is -2.59. The van der Waals surface area contributed by atoms with Gasteiger partial charge in [0, 0.05) is 28.8 Å². The van der Waals surface area contributed by atoms with Gasteiger partial charge in [0.25, 0.3) is 0 Å². The summed E-state index contributed by atoms with van der Waals surface area (Å²) in [5.74, 6) is -0.117. The zero-order chi connectivity index (χ0) is 19.4. The van der Waals surface area contributed by atoms with Crippen LogP contribution in [-0.4, -0.2) is 10.5 Å². The normalized spacial score (nSPS) is 10.9. The van der Waals surface area contributed by atoms with E-state index in [1.165, 1.54) is 11.3 Å². The summed E-state index contributed by atoms with van der Waals surface area (Å²) >= 11 is 7.56. The zero-order valence-electron chi connectivity index (χ0n) is 15.3. The number of carbonyl (C=O) groups excluding carboxylic acids is 1. The van der Waals surface area contributed by atoms with Crippen molar-refractivity contribution < 1.29 is 4.79 Å². The van der Waals surface area contributed by atoms with E-state index in [2.05, 4.69) is 16.4 Å². The molecule has 0 fully saturated rings. The summed E-state index contributed by atoms with van der Waals surface area (Å²) < 4.78 is 1.89. The molecule has 0 aliphatic carbocycles. The van der Waals surface area contributed by atoms with Crippen molar-refractivity contribution >= 4 is 52.6 Å². The highest BCUT2D eigenvalue weighted by atomic mass is 35.5. The van der Waals surface area contributed by atoms with E-state index in [1.54, 1.807) is 30.3 Å². The molecule has 0 unspecified atom stereocenters. The summed E-state index contributed by atoms with van der Waals surface area (Å²) in [4.78, 5) is 17.7. The van der Waals surface area contributed by atoms with Gasteiger partial charge in [-0.3, -0.25) is 4.79 Å². The fourth-order valence-electron chi connectivity index (χ4n) is 2.42. The van der Waals surface area contributed by atoms with Crippen molar-refractivity contribution in [1.29, 1.82) is 5.26 Å². The van der Waals surface area contributed by atoms with Gasteiger partial charge in [-0.15, -0.1) is 23.7 Å². The predicted octanol–water partition coefficient (Wildman–Crippen LogP) is 4.76. The summed E-state index contributed by atoms with van der Waals surface area (Å²) in [6, 6.07) is 14.6. The van der Waals surface area contributed by atoms with E-state index in [4.69, 9.17) is 16.9 Å². The van der Waals surface area contributed by atoms with Crippen molar-refractivity contribution in [2.45, 2.75) is 13.3 Å². The quantitative estimate of drug-likeness (QED) is 0.645. The predicted molar refractivity (Wildman–Crippen MR) is 115 cm³/mol. The number of nitrogens with one attached hydrogen (secondary N) is 1. The third-order valence-corrected chi connectivity index (χ3v) is 5.41. The lowest BCUT2D eigenvalue weighted by Crippen LogP contribution is -2.19. The first-order valence-corrected chi connectivity index (χ1v) is 9.46. The molecule has 28 heavy (non-hydrogen) atoms. The lowest BCUT2D eigenvalue weighted by atomic mass is 10.2. The highest BCUT2D eigenvalue weighted by Gasteiger charge is 2.09. The van der Waals surface area contributed by atoms with Crippen molar-refractivity contribution in [2.24, 2.45) is 12.0 Å². The Morgan fingerprint density at radius 1 is 1.29 bits per heavy atom. The minimum Gasteiger partial charge on any atom is -0.326 e. The molecule has 0 bridgehead atoms. The van der Waals surface area contributed by atoms with Crippen LogP contribution < -0.4 is 10.1 Å². The van der Waals surface area contributed by atoms with Gasteiger partial charge in [0.2, 0.25) is 5.91 Å². The lowest BCUT2D eigenvalue weighted by molar-refractivity contribution is -0.115. The fourth-order valence-corrected chi connectivity index (χ4v) is 3.52. The molecule has 1 heterocycles. The average Bonchev–Trinajstić information content (AvgIpc) is 2.99. The molecule has 3 rings (SSSR count). The largest absolute Gasteiger partial charge is 0.326 e. The molecule has 1 aromatic heterocycles. The molecule has 0 aliphatic heterocycles. The molecule has 3 aromatic rings. The van der Waals surface area contributed by atoms with Gasteiger partial charge in [0.1, 0.15) is 0 Å². The number of amides is 1. The molecule has 144 valence electrons. The summed E-state index contributed by atoms with van der Waals surface area (Å²) in [6.07, 6.45) is 0.237. The van der Waals surface area contributed by atoms with Gasteiger partial charge in [0.15, 0.2) is 4.80 Å². The Labute approximate surface area is 178 Å². The lowest BCUT2D eigenvalue weighted by Gasteiger charge is -2.07. The van der Waals surface area contributed by atoms with Gasteiger partial charge in [-0.25, -0.2) is 4.99 Å². The molecular weight excluding hydrogens is 415 g/mol. The summed E-state index contributed by atoms with van der Waals surface area (Å²) in [5, 5.41) is 14.3. The number of thiazole rings is 1. The van der Waals surface area contributed by atoms with E-state index in [0.29, 0.717) is 16.3 Å². The maximum atomic E-state index is 12.3. The van der Waals surface area contributed by atoms with Crippen LogP contribution in [0.4, 0.5) is 11.4 Å². The highest BCUT2D eigenvalue weighted by molar-refractivity contribution is 7.07. The third kappa shape index (κ3) is 5.23. The van der Waals surface area contributed by atoms with Crippen LogP contribution in [0, 0.1) is 18.3 Å². The van der Waals surface area contributed by atoms with Gasteiger partial charge in [-0.1, -0.05) is 17.7 Å². The second kappa shape index (κ2) is 9.56. The number of hydrogen-bond donors (Lipinski definition) is 1. The van der Waals surface area contributed by atoms with Crippen LogP contribution in [0.3, 0.4) is 0 Å². The van der Waals surface area contributed by atoms with Crippen molar-refractivity contribution in [1.82, 2.24) is 4.57 Å². The second-order valence-corrected chi connectivity index (χ2v) is 7.27. The number of carbonyl (C=O) groups is 1. The molecule has 1 N–H and O–H groups in total. The second-order valence-electron chi connectivity index (χ2n) is 6.03. The molecule has 0 spiro atoms. The molecule has 0 saturated carbocycles. The number of anilines is 1. The van der Waals surface area contributed by atoms with Crippen LogP contribution in [-0.2, 0) is 18.3 Å². The van der Waals surface area contributed by atoms with E-state index in [0.717, 1.165) is 21.7 Å². The Morgan fingerprint density at radius 2 is 2.00 bits per heavy atom. The van der Waals surface area contributed by atoms with E-state index in [9.17, 15) is 4.79 Å². The number of aryl methyl sites for hydroxylation is 1. The Balaban J connectivity index is 0.00000280. The fraction of sp³-hybridized carbons (Fsp3) is 0.150. The Bertz CT molecular complexity index is 1090. The van der Waals surface area contributed by atoms with Gasteiger partial charge < -0.3 is 9.88 Å². The topological polar surface area (TPSA) is 70.2 Å². The smallest absolute Gasteiger partial charge is 0.230 e. The van der Waals surface area contributed by atoms with Crippen LogP contribution in [0.25, 0.3) is 0 Å². The Morgan fingerprint density at radius 3 is 2.64 bits per heavy atom. The average molecular weight is 433 g/mol. The van der Waals surface area contributed by atoms with Crippen molar-refractivity contribution in [2.75, 3.05) is 5.32 Å². The number of rotatable bonds is 4. The number of benzene rings is 2.